The summed E-state index contributed by atoms with van der Waals surface area (Å²) in [5.41, 5.74) is -0.0585. The molecule has 4 saturated carbocycles. The van der Waals surface area contributed by atoms with Crippen LogP contribution in [0.5, 0.6) is 11.5 Å². The first-order valence-corrected chi connectivity index (χ1v) is 10.4. The van der Waals surface area contributed by atoms with Crippen molar-refractivity contribution in [2.45, 2.75) is 51.0 Å². The van der Waals surface area contributed by atoms with Gasteiger partial charge in [0, 0.05) is 5.54 Å². The van der Waals surface area contributed by atoms with Crippen molar-refractivity contribution in [1.29, 1.82) is 0 Å². The van der Waals surface area contributed by atoms with Gasteiger partial charge in [-0.25, -0.2) is 4.79 Å². The van der Waals surface area contributed by atoms with Crippen LogP contribution in [-0.4, -0.2) is 37.2 Å². The van der Waals surface area contributed by atoms with E-state index in [1.165, 1.54) is 19.3 Å². The maximum Gasteiger partial charge on any atom is 0.344 e. The lowest BCUT2D eigenvalue weighted by Gasteiger charge is -2.56. The van der Waals surface area contributed by atoms with Crippen LogP contribution in [0.1, 0.15) is 45.4 Å². The van der Waals surface area contributed by atoms with E-state index in [4.69, 9.17) is 14.2 Å². The van der Waals surface area contributed by atoms with Crippen molar-refractivity contribution < 1.29 is 23.8 Å². The molecule has 1 aromatic carbocycles. The second-order valence-electron chi connectivity index (χ2n) is 8.60. The zero-order valence-corrected chi connectivity index (χ0v) is 16.4. The molecule has 4 aliphatic rings. The van der Waals surface area contributed by atoms with E-state index in [1.54, 1.807) is 24.3 Å². The standard InChI is InChI=1S/C22H29NO5/c1-2-26-18-3-5-19(6-4-18)27-14-21(25)28-13-20(24)23-22-10-15-7-16(11-22)9-17(8-15)12-22/h3-6,15-17H,2,7-14H2,1H3,(H,23,24). The summed E-state index contributed by atoms with van der Waals surface area (Å²) in [5.74, 6) is 2.84. The smallest absolute Gasteiger partial charge is 0.344 e. The first-order valence-electron chi connectivity index (χ1n) is 10.4. The van der Waals surface area contributed by atoms with E-state index in [0.717, 1.165) is 42.8 Å². The van der Waals surface area contributed by atoms with Crippen molar-refractivity contribution >= 4 is 11.9 Å². The van der Waals surface area contributed by atoms with Crippen molar-refractivity contribution in [1.82, 2.24) is 5.32 Å². The molecule has 0 heterocycles. The molecule has 0 spiro atoms. The number of amides is 1. The topological polar surface area (TPSA) is 73.9 Å². The van der Waals surface area contributed by atoms with Crippen molar-refractivity contribution in [3.8, 4) is 11.5 Å². The van der Waals surface area contributed by atoms with Crippen LogP contribution in [0.3, 0.4) is 0 Å². The fraction of sp³-hybridized carbons (Fsp3) is 0.636. The minimum absolute atomic E-state index is 0.0585. The van der Waals surface area contributed by atoms with Crippen LogP contribution in [0.25, 0.3) is 0 Å². The Morgan fingerprint density at radius 3 is 2.00 bits per heavy atom. The monoisotopic (exact) mass is 387 g/mol. The van der Waals surface area contributed by atoms with Gasteiger partial charge in [0.15, 0.2) is 13.2 Å². The average molecular weight is 387 g/mol. The van der Waals surface area contributed by atoms with Gasteiger partial charge in [-0.1, -0.05) is 0 Å². The Labute approximate surface area is 165 Å². The molecular weight excluding hydrogens is 358 g/mol. The summed E-state index contributed by atoms with van der Waals surface area (Å²) >= 11 is 0. The molecule has 1 amide bonds. The number of esters is 1. The third kappa shape index (κ3) is 4.42. The van der Waals surface area contributed by atoms with Gasteiger partial charge in [-0.15, -0.1) is 0 Å². The Bertz CT molecular complexity index is 679. The maximum absolute atomic E-state index is 12.4. The zero-order valence-electron chi connectivity index (χ0n) is 16.4. The van der Waals surface area contributed by atoms with Gasteiger partial charge in [0.2, 0.25) is 0 Å². The molecule has 6 nitrogen and oxygen atoms in total. The Morgan fingerprint density at radius 2 is 1.46 bits per heavy atom. The highest BCUT2D eigenvalue weighted by molar-refractivity contribution is 5.81. The number of hydrogen-bond donors (Lipinski definition) is 1. The number of carbonyl (C=O) groups is 2. The van der Waals surface area contributed by atoms with Gasteiger partial charge in [-0.2, -0.15) is 0 Å². The number of hydrogen-bond acceptors (Lipinski definition) is 5. The Balaban J connectivity index is 1.19. The lowest BCUT2D eigenvalue weighted by atomic mass is 9.53. The molecule has 1 N–H and O–H groups in total. The number of carbonyl (C=O) groups excluding carboxylic acids is 2. The molecule has 0 radical (unpaired) electrons. The number of nitrogens with one attached hydrogen (secondary N) is 1. The molecule has 0 aromatic heterocycles. The first kappa shape index (κ1) is 19.1. The van der Waals surface area contributed by atoms with E-state index in [0.29, 0.717) is 12.4 Å². The summed E-state index contributed by atoms with van der Waals surface area (Å²) in [4.78, 5) is 24.3. The molecule has 0 aliphatic heterocycles. The van der Waals surface area contributed by atoms with Gasteiger partial charge >= 0.3 is 5.97 Å². The Kier molecular flexibility index (Phi) is 5.47. The van der Waals surface area contributed by atoms with Crippen molar-refractivity contribution in [3.05, 3.63) is 24.3 Å². The highest BCUT2D eigenvalue weighted by Gasteiger charge is 2.51. The van der Waals surface area contributed by atoms with Gasteiger partial charge in [0.1, 0.15) is 11.5 Å². The first-order chi connectivity index (χ1) is 13.5. The molecule has 4 aliphatic carbocycles. The Hall–Kier alpha value is -2.24. The number of benzene rings is 1. The van der Waals surface area contributed by atoms with Crippen LogP contribution in [0, 0.1) is 17.8 Å². The van der Waals surface area contributed by atoms with Crippen LogP contribution in [0.15, 0.2) is 24.3 Å². The van der Waals surface area contributed by atoms with Crippen LogP contribution in [-0.2, 0) is 14.3 Å². The molecule has 152 valence electrons. The summed E-state index contributed by atoms with van der Waals surface area (Å²) in [5, 5.41) is 3.20. The van der Waals surface area contributed by atoms with Gasteiger partial charge in [0.25, 0.3) is 5.91 Å². The van der Waals surface area contributed by atoms with E-state index in [9.17, 15) is 9.59 Å². The summed E-state index contributed by atoms with van der Waals surface area (Å²) in [6.45, 7) is 2.05. The lowest BCUT2D eigenvalue weighted by molar-refractivity contribution is -0.151. The van der Waals surface area contributed by atoms with Crippen molar-refractivity contribution in [2.24, 2.45) is 17.8 Å². The largest absolute Gasteiger partial charge is 0.494 e. The quantitative estimate of drug-likeness (QED) is 0.694. The molecule has 1 aromatic rings. The predicted molar refractivity (Wildman–Crippen MR) is 103 cm³/mol. The molecule has 4 fully saturated rings. The van der Waals surface area contributed by atoms with E-state index < -0.39 is 5.97 Å². The van der Waals surface area contributed by atoms with Crippen molar-refractivity contribution in [3.63, 3.8) is 0 Å². The summed E-state index contributed by atoms with van der Waals surface area (Å²) in [6.07, 6.45) is 7.23. The highest BCUT2D eigenvalue weighted by Crippen LogP contribution is 2.55. The average Bonchev–Trinajstić information content (AvgIpc) is 2.64. The molecule has 0 saturated heterocycles. The molecule has 6 heteroatoms. The second-order valence-corrected chi connectivity index (χ2v) is 8.60. The molecular formula is C22H29NO5. The van der Waals surface area contributed by atoms with Crippen molar-refractivity contribution in [2.75, 3.05) is 19.8 Å². The number of rotatable bonds is 8. The predicted octanol–water partition coefficient (Wildman–Crippen LogP) is 3.09. The third-order valence-corrected chi connectivity index (χ3v) is 6.30. The minimum atomic E-state index is -0.547. The summed E-state index contributed by atoms with van der Waals surface area (Å²) in [7, 11) is 0. The number of ether oxygens (including phenoxy) is 3. The normalized spacial score (nSPS) is 30.0. The fourth-order valence-corrected chi connectivity index (χ4v) is 5.72. The third-order valence-electron chi connectivity index (χ3n) is 6.30. The van der Waals surface area contributed by atoms with Crippen LogP contribution < -0.4 is 14.8 Å². The van der Waals surface area contributed by atoms with E-state index in [-0.39, 0.29) is 24.7 Å². The second kappa shape index (κ2) is 8.02. The zero-order chi connectivity index (χ0) is 19.6. The van der Waals surface area contributed by atoms with Crippen LogP contribution in [0.2, 0.25) is 0 Å². The van der Waals surface area contributed by atoms with E-state index in [2.05, 4.69) is 5.32 Å². The summed E-state index contributed by atoms with van der Waals surface area (Å²) < 4.78 is 15.9. The van der Waals surface area contributed by atoms with Gasteiger partial charge < -0.3 is 19.5 Å². The van der Waals surface area contributed by atoms with Gasteiger partial charge in [-0.3, -0.25) is 4.79 Å². The maximum atomic E-state index is 12.4. The molecule has 28 heavy (non-hydrogen) atoms. The minimum Gasteiger partial charge on any atom is -0.494 e. The summed E-state index contributed by atoms with van der Waals surface area (Å²) in [6, 6.07) is 7.03. The highest BCUT2D eigenvalue weighted by atomic mass is 16.6. The molecule has 0 unspecified atom stereocenters. The van der Waals surface area contributed by atoms with Crippen LogP contribution in [0.4, 0.5) is 0 Å². The fourth-order valence-electron chi connectivity index (χ4n) is 5.72. The Morgan fingerprint density at radius 1 is 0.929 bits per heavy atom. The van der Waals surface area contributed by atoms with Crippen LogP contribution >= 0.6 is 0 Å². The van der Waals surface area contributed by atoms with Gasteiger partial charge in [-0.05, 0) is 87.5 Å². The molecule has 0 atom stereocenters. The van der Waals surface area contributed by atoms with E-state index >= 15 is 0 Å². The molecule has 4 bridgehead atoms. The SMILES string of the molecule is CCOc1ccc(OCC(=O)OCC(=O)NC23CC4CC(CC(C4)C2)C3)cc1. The lowest BCUT2D eigenvalue weighted by Crippen LogP contribution is -2.60. The van der Waals surface area contributed by atoms with E-state index in [1.807, 2.05) is 6.92 Å². The van der Waals surface area contributed by atoms with Gasteiger partial charge in [0.05, 0.1) is 6.61 Å². The molecule has 5 rings (SSSR count).